The van der Waals surface area contributed by atoms with Crippen LogP contribution in [0.1, 0.15) is 16.5 Å². The fourth-order valence-corrected chi connectivity index (χ4v) is 3.02. The van der Waals surface area contributed by atoms with Crippen LogP contribution in [0.3, 0.4) is 0 Å². The number of nitriles is 1. The Bertz CT molecular complexity index is 805. The second-order valence-corrected chi connectivity index (χ2v) is 6.48. The Morgan fingerprint density at radius 3 is 2.81 bits per heavy atom. The lowest BCUT2D eigenvalue weighted by Gasteiger charge is -2.16. The summed E-state index contributed by atoms with van der Waals surface area (Å²) in [7, 11) is 0. The van der Waals surface area contributed by atoms with Crippen molar-refractivity contribution in [3.8, 4) is 6.07 Å². The van der Waals surface area contributed by atoms with Gasteiger partial charge in [0.15, 0.2) is 0 Å². The van der Waals surface area contributed by atoms with Gasteiger partial charge < -0.3 is 20.5 Å². The largest absolute Gasteiger partial charge is 0.394 e. The highest BCUT2D eigenvalue weighted by molar-refractivity contribution is 7.10. The third kappa shape index (κ3) is 5.54. The molecule has 26 heavy (non-hydrogen) atoms. The van der Waals surface area contributed by atoms with E-state index in [1.807, 2.05) is 23.6 Å². The number of thiophene rings is 1. The van der Waals surface area contributed by atoms with E-state index in [1.54, 1.807) is 0 Å². The van der Waals surface area contributed by atoms with Crippen molar-refractivity contribution >= 4 is 40.4 Å². The molecule has 0 unspecified atom stereocenters. The van der Waals surface area contributed by atoms with E-state index in [1.165, 1.54) is 29.5 Å². The van der Waals surface area contributed by atoms with Crippen molar-refractivity contribution in [2.24, 2.45) is 0 Å². The van der Waals surface area contributed by atoms with Gasteiger partial charge >= 0.3 is 11.8 Å². The van der Waals surface area contributed by atoms with Crippen molar-refractivity contribution in [3.05, 3.63) is 51.2 Å². The number of rotatable bonds is 7. The number of anilines is 1. The Morgan fingerprint density at radius 2 is 2.15 bits per heavy atom. The van der Waals surface area contributed by atoms with Gasteiger partial charge in [0.2, 0.25) is 0 Å². The van der Waals surface area contributed by atoms with Gasteiger partial charge in [-0.2, -0.15) is 5.26 Å². The van der Waals surface area contributed by atoms with Crippen molar-refractivity contribution in [1.29, 1.82) is 5.26 Å². The predicted octanol–water partition coefficient (Wildman–Crippen LogP) is 2.08. The number of hydrogen-bond acceptors (Lipinski definition) is 6. The summed E-state index contributed by atoms with van der Waals surface area (Å²) in [6, 6.07) is 9.95. The molecule has 7 nitrogen and oxygen atoms in total. The van der Waals surface area contributed by atoms with Crippen LogP contribution < -0.4 is 10.6 Å². The highest BCUT2D eigenvalue weighted by Crippen LogP contribution is 2.22. The molecule has 2 amide bonds. The molecule has 0 saturated heterocycles. The molecular formula is C17H16ClN3O4S. The van der Waals surface area contributed by atoms with Gasteiger partial charge in [-0.05, 0) is 29.6 Å². The van der Waals surface area contributed by atoms with Crippen LogP contribution in [0.4, 0.5) is 5.69 Å². The summed E-state index contributed by atoms with van der Waals surface area (Å²) >= 11 is 7.29. The zero-order valence-corrected chi connectivity index (χ0v) is 15.1. The molecular weight excluding hydrogens is 378 g/mol. The van der Waals surface area contributed by atoms with Crippen LogP contribution >= 0.6 is 22.9 Å². The molecule has 1 aromatic carbocycles. The maximum Gasteiger partial charge on any atom is 0.313 e. The molecule has 136 valence electrons. The van der Waals surface area contributed by atoms with E-state index in [9.17, 15) is 9.59 Å². The average Bonchev–Trinajstić information content (AvgIpc) is 3.16. The number of ether oxygens (including phenoxy) is 1. The van der Waals surface area contributed by atoms with Gasteiger partial charge in [0, 0.05) is 16.4 Å². The van der Waals surface area contributed by atoms with Crippen molar-refractivity contribution in [1.82, 2.24) is 5.32 Å². The van der Waals surface area contributed by atoms with Crippen LogP contribution in [0, 0.1) is 11.3 Å². The summed E-state index contributed by atoms with van der Waals surface area (Å²) in [6.45, 7) is 0.0219. The maximum absolute atomic E-state index is 12.1. The molecule has 1 heterocycles. The highest BCUT2D eigenvalue weighted by Gasteiger charge is 2.19. The SMILES string of the molecule is N#Cc1ccc(Cl)cc1NC(=O)C(=O)NC[C@@H](OCCO)c1cccs1. The first kappa shape index (κ1) is 19.9. The number of benzene rings is 1. The van der Waals surface area contributed by atoms with E-state index < -0.39 is 17.9 Å². The molecule has 9 heteroatoms. The van der Waals surface area contributed by atoms with E-state index in [2.05, 4.69) is 10.6 Å². The Balaban J connectivity index is 1.97. The Morgan fingerprint density at radius 1 is 1.35 bits per heavy atom. The molecule has 1 aromatic heterocycles. The average molecular weight is 394 g/mol. The van der Waals surface area contributed by atoms with Crippen LogP contribution in [0.15, 0.2) is 35.7 Å². The summed E-state index contributed by atoms with van der Waals surface area (Å²) in [5, 5.41) is 25.0. The summed E-state index contributed by atoms with van der Waals surface area (Å²) < 4.78 is 5.49. The van der Waals surface area contributed by atoms with Gasteiger partial charge in [0.1, 0.15) is 12.2 Å². The van der Waals surface area contributed by atoms with Crippen LogP contribution in [0.2, 0.25) is 5.02 Å². The van der Waals surface area contributed by atoms with Crippen LogP contribution in [-0.4, -0.2) is 36.7 Å². The molecule has 2 aromatic rings. The Kier molecular flexibility index (Phi) is 7.56. The number of aliphatic hydroxyl groups is 1. The number of aliphatic hydroxyl groups excluding tert-OH is 1. The number of carbonyl (C=O) groups excluding carboxylic acids is 2. The molecule has 0 spiro atoms. The zero-order valence-electron chi connectivity index (χ0n) is 13.6. The van der Waals surface area contributed by atoms with Crippen molar-refractivity contribution in [3.63, 3.8) is 0 Å². The molecule has 0 aliphatic rings. The van der Waals surface area contributed by atoms with Gasteiger partial charge in [0.05, 0.1) is 24.5 Å². The first-order valence-electron chi connectivity index (χ1n) is 7.60. The van der Waals surface area contributed by atoms with E-state index in [-0.39, 0.29) is 31.0 Å². The standard InChI is InChI=1S/C17H16ClN3O4S/c18-12-4-3-11(9-19)13(8-12)21-17(24)16(23)20-10-14(25-6-5-22)15-2-1-7-26-15/h1-4,7-8,14,22H,5-6,10H2,(H,20,23)(H,21,24)/t14-/m1/s1. The number of amides is 2. The van der Waals surface area contributed by atoms with E-state index in [0.29, 0.717) is 5.02 Å². The molecule has 0 fully saturated rings. The molecule has 3 N–H and O–H groups in total. The van der Waals surface area contributed by atoms with Gasteiger partial charge in [-0.3, -0.25) is 9.59 Å². The molecule has 0 radical (unpaired) electrons. The normalized spacial score (nSPS) is 11.4. The summed E-state index contributed by atoms with van der Waals surface area (Å²) in [5.74, 6) is -1.79. The lowest BCUT2D eigenvalue weighted by atomic mass is 10.2. The van der Waals surface area contributed by atoms with Crippen LogP contribution in [0.25, 0.3) is 0 Å². The molecule has 0 bridgehead atoms. The predicted molar refractivity (Wildman–Crippen MR) is 97.9 cm³/mol. The molecule has 2 rings (SSSR count). The van der Waals surface area contributed by atoms with Crippen molar-refractivity contribution < 1.29 is 19.4 Å². The fourth-order valence-electron chi connectivity index (χ4n) is 2.07. The van der Waals surface area contributed by atoms with E-state index in [0.717, 1.165) is 4.88 Å². The minimum absolute atomic E-state index is 0.0629. The van der Waals surface area contributed by atoms with Gasteiger partial charge in [-0.1, -0.05) is 17.7 Å². The lowest BCUT2D eigenvalue weighted by Crippen LogP contribution is -2.38. The van der Waals surface area contributed by atoms with Crippen LogP contribution in [-0.2, 0) is 14.3 Å². The minimum atomic E-state index is -0.921. The van der Waals surface area contributed by atoms with Crippen LogP contribution in [0.5, 0.6) is 0 Å². The van der Waals surface area contributed by atoms with Crippen molar-refractivity contribution in [2.45, 2.75) is 6.10 Å². The first-order chi connectivity index (χ1) is 12.5. The second kappa shape index (κ2) is 9.89. The number of carbonyl (C=O) groups is 2. The fraction of sp³-hybridized carbons (Fsp3) is 0.235. The quantitative estimate of drug-likeness (QED) is 0.623. The lowest BCUT2D eigenvalue weighted by molar-refractivity contribution is -0.136. The first-order valence-corrected chi connectivity index (χ1v) is 8.85. The van der Waals surface area contributed by atoms with Crippen molar-refractivity contribution in [2.75, 3.05) is 25.1 Å². The topological polar surface area (TPSA) is 111 Å². The minimum Gasteiger partial charge on any atom is -0.394 e. The number of nitrogens with zero attached hydrogens (tertiary/aromatic N) is 1. The van der Waals surface area contributed by atoms with E-state index >= 15 is 0 Å². The van der Waals surface area contributed by atoms with Gasteiger partial charge in [-0.25, -0.2) is 0 Å². The summed E-state index contributed by atoms with van der Waals surface area (Å²) in [5.41, 5.74) is 0.352. The molecule has 0 aliphatic carbocycles. The summed E-state index contributed by atoms with van der Waals surface area (Å²) in [6.07, 6.45) is -0.472. The number of halogens is 1. The Labute approximate surface area is 159 Å². The molecule has 1 atom stereocenters. The number of nitrogens with one attached hydrogen (secondary N) is 2. The number of hydrogen-bond donors (Lipinski definition) is 3. The molecule has 0 aliphatic heterocycles. The third-order valence-corrected chi connectivity index (χ3v) is 4.47. The third-order valence-electron chi connectivity index (χ3n) is 3.28. The monoisotopic (exact) mass is 393 g/mol. The Hall–Kier alpha value is -2.44. The van der Waals surface area contributed by atoms with Gasteiger partial charge in [0.25, 0.3) is 0 Å². The van der Waals surface area contributed by atoms with E-state index in [4.69, 9.17) is 26.7 Å². The summed E-state index contributed by atoms with van der Waals surface area (Å²) in [4.78, 5) is 25.0. The maximum atomic E-state index is 12.1. The zero-order chi connectivity index (χ0) is 18.9. The molecule has 0 saturated carbocycles. The second-order valence-electron chi connectivity index (χ2n) is 5.06. The van der Waals surface area contributed by atoms with Gasteiger partial charge in [-0.15, -0.1) is 11.3 Å². The smallest absolute Gasteiger partial charge is 0.313 e. The highest BCUT2D eigenvalue weighted by atomic mass is 35.5.